The van der Waals surface area contributed by atoms with Gasteiger partial charge in [-0.2, -0.15) is 0 Å². The molecule has 0 atom stereocenters. The summed E-state index contributed by atoms with van der Waals surface area (Å²) in [4.78, 5) is 10.2. The van der Waals surface area contributed by atoms with Crippen LogP contribution in [0.25, 0.3) is 0 Å². The first kappa shape index (κ1) is 16.0. The summed E-state index contributed by atoms with van der Waals surface area (Å²) in [5.74, 6) is -0.892. The molecule has 17 heavy (non-hydrogen) atoms. The van der Waals surface area contributed by atoms with Crippen LogP contribution < -0.4 is 0 Å². The van der Waals surface area contributed by atoms with E-state index in [2.05, 4.69) is 20.8 Å². The molecule has 0 amide bonds. The van der Waals surface area contributed by atoms with Gasteiger partial charge in [0.2, 0.25) is 0 Å². The Morgan fingerprint density at radius 2 is 1.71 bits per heavy atom. The van der Waals surface area contributed by atoms with E-state index in [-0.39, 0.29) is 0 Å². The highest BCUT2D eigenvalue weighted by Crippen LogP contribution is 2.22. The highest BCUT2D eigenvalue weighted by Gasteiger charge is 2.08. The molecule has 0 bridgehead atoms. The van der Waals surface area contributed by atoms with Crippen molar-refractivity contribution in [2.24, 2.45) is 5.41 Å². The van der Waals surface area contributed by atoms with Crippen LogP contribution in [-0.2, 0) is 4.79 Å². The normalized spacial score (nSPS) is 12.6. The quantitative estimate of drug-likeness (QED) is 0.382. The van der Waals surface area contributed by atoms with Gasteiger partial charge >= 0.3 is 5.97 Å². The summed E-state index contributed by atoms with van der Waals surface area (Å²) in [5.41, 5.74) is 0.460. The highest BCUT2D eigenvalue weighted by molar-refractivity contribution is 5.80. The summed E-state index contributed by atoms with van der Waals surface area (Å²) in [6, 6.07) is 0. The average molecular weight is 238 g/mol. The maximum Gasteiger partial charge on any atom is 0.328 e. The lowest BCUT2D eigenvalue weighted by atomic mass is 9.89. The van der Waals surface area contributed by atoms with Crippen molar-refractivity contribution in [3.8, 4) is 0 Å². The van der Waals surface area contributed by atoms with Crippen molar-refractivity contribution >= 4 is 5.97 Å². The minimum Gasteiger partial charge on any atom is -0.478 e. The van der Waals surface area contributed by atoms with Gasteiger partial charge in [0.15, 0.2) is 0 Å². The molecule has 0 aromatic carbocycles. The smallest absolute Gasteiger partial charge is 0.328 e. The molecular weight excluding hydrogens is 212 g/mol. The van der Waals surface area contributed by atoms with Crippen LogP contribution in [0.3, 0.4) is 0 Å². The van der Waals surface area contributed by atoms with Crippen molar-refractivity contribution in [3.63, 3.8) is 0 Å². The molecule has 0 radical (unpaired) electrons. The first-order valence-corrected chi connectivity index (χ1v) is 6.48. The first-order valence-electron chi connectivity index (χ1n) is 6.48. The molecule has 1 N–H and O–H groups in total. The van der Waals surface area contributed by atoms with Crippen LogP contribution in [0.1, 0.15) is 59.3 Å². The molecule has 0 aliphatic rings. The summed E-state index contributed by atoms with van der Waals surface area (Å²) < 4.78 is 0. The lowest BCUT2D eigenvalue weighted by molar-refractivity contribution is -0.131. The van der Waals surface area contributed by atoms with Gasteiger partial charge in [0.25, 0.3) is 0 Å². The van der Waals surface area contributed by atoms with Crippen molar-refractivity contribution < 1.29 is 9.90 Å². The van der Waals surface area contributed by atoms with Crippen LogP contribution >= 0.6 is 0 Å². The lowest BCUT2D eigenvalue weighted by Crippen LogP contribution is -2.03. The molecule has 0 heterocycles. The number of carboxylic acid groups (broad SMARTS) is 1. The Balaban J connectivity index is 3.32. The van der Waals surface area contributed by atoms with E-state index in [0.717, 1.165) is 12.5 Å². The summed E-state index contributed by atoms with van der Waals surface area (Å²) >= 11 is 0. The largest absolute Gasteiger partial charge is 0.478 e. The van der Waals surface area contributed by atoms with Crippen LogP contribution in [0, 0.1) is 5.41 Å². The van der Waals surface area contributed by atoms with E-state index in [1.54, 1.807) is 6.08 Å². The predicted octanol–water partition coefficient (Wildman–Crippen LogP) is 4.57. The standard InChI is InChI=1S/C15H26O2/c1-15(2,3)13-11-9-7-5-4-6-8-10-12-14(16)17/h6,8,10,12H,4-5,7,9,11,13H2,1-3H3,(H,16,17)/b8-6+,12-10+. The number of carbonyl (C=O) groups is 1. The molecule has 98 valence electrons. The van der Waals surface area contributed by atoms with Crippen molar-refractivity contribution in [2.75, 3.05) is 0 Å². The second kappa shape index (κ2) is 9.03. The minimum atomic E-state index is -0.892. The zero-order valence-corrected chi connectivity index (χ0v) is 11.4. The molecule has 0 aliphatic heterocycles. The molecule has 0 spiro atoms. The third kappa shape index (κ3) is 14.9. The highest BCUT2D eigenvalue weighted by atomic mass is 16.4. The fraction of sp³-hybridized carbons (Fsp3) is 0.667. The van der Waals surface area contributed by atoms with Gasteiger partial charge in [0.1, 0.15) is 0 Å². The Hall–Kier alpha value is -1.05. The average Bonchev–Trinajstić information content (AvgIpc) is 2.18. The Morgan fingerprint density at radius 1 is 1.06 bits per heavy atom. The SMILES string of the molecule is CC(C)(C)CCCCCC/C=C/C=C/C(=O)O. The Morgan fingerprint density at radius 3 is 2.29 bits per heavy atom. The van der Waals surface area contributed by atoms with Gasteiger partial charge in [0.05, 0.1) is 0 Å². The van der Waals surface area contributed by atoms with Crippen molar-refractivity contribution in [3.05, 3.63) is 24.3 Å². The van der Waals surface area contributed by atoms with E-state index < -0.39 is 5.97 Å². The molecule has 0 saturated heterocycles. The van der Waals surface area contributed by atoms with Crippen LogP contribution in [0.5, 0.6) is 0 Å². The molecule has 0 fully saturated rings. The summed E-state index contributed by atoms with van der Waals surface area (Å²) in [5, 5.41) is 8.36. The molecule has 2 nitrogen and oxygen atoms in total. The van der Waals surface area contributed by atoms with Gasteiger partial charge in [-0.05, 0) is 24.7 Å². The summed E-state index contributed by atoms with van der Waals surface area (Å²) in [6.07, 6.45) is 14.0. The van der Waals surface area contributed by atoms with E-state index in [1.165, 1.54) is 32.1 Å². The maximum atomic E-state index is 10.2. The summed E-state index contributed by atoms with van der Waals surface area (Å²) in [6.45, 7) is 6.85. The molecule has 2 heteroatoms. The predicted molar refractivity (Wildman–Crippen MR) is 73.1 cm³/mol. The van der Waals surface area contributed by atoms with Gasteiger partial charge in [-0.25, -0.2) is 4.79 Å². The molecule has 0 aromatic heterocycles. The number of unbranched alkanes of at least 4 members (excludes halogenated alkanes) is 4. The monoisotopic (exact) mass is 238 g/mol. The molecule has 0 unspecified atom stereocenters. The van der Waals surface area contributed by atoms with E-state index in [0.29, 0.717) is 5.41 Å². The van der Waals surface area contributed by atoms with Crippen LogP contribution in [0.15, 0.2) is 24.3 Å². The van der Waals surface area contributed by atoms with E-state index >= 15 is 0 Å². The van der Waals surface area contributed by atoms with Gasteiger partial charge in [-0.3, -0.25) is 0 Å². The van der Waals surface area contributed by atoms with Gasteiger partial charge in [-0.15, -0.1) is 0 Å². The second-order valence-corrected chi connectivity index (χ2v) is 5.64. The second-order valence-electron chi connectivity index (χ2n) is 5.64. The number of hydrogen-bond acceptors (Lipinski definition) is 1. The zero-order chi connectivity index (χ0) is 13.1. The molecule has 0 aromatic rings. The molecule has 0 rings (SSSR count). The van der Waals surface area contributed by atoms with Crippen molar-refractivity contribution in [2.45, 2.75) is 59.3 Å². The Kier molecular flexibility index (Phi) is 8.47. The molecule has 0 saturated carbocycles. The van der Waals surface area contributed by atoms with Gasteiger partial charge in [-0.1, -0.05) is 58.3 Å². The zero-order valence-electron chi connectivity index (χ0n) is 11.4. The minimum absolute atomic E-state index is 0.460. The van der Waals surface area contributed by atoms with Crippen LogP contribution in [0.2, 0.25) is 0 Å². The van der Waals surface area contributed by atoms with Gasteiger partial charge < -0.3 is 5.11 Å². The topological polar surface area (TPSA) is 37.3 Å². The van der Waals surface area contributed by atoms with Crippen LogP contribution in [0.4, 0.5) is 0 Å². The van der Waals surface area contributed by atoms with E-state index in [4.69, 9.17) is 5.11 Å². The number of hydrogen-bond donors (Lipinski definition) is 1. The number of allylic oxidation sites excluding steroid dienone is 3. The van der Waals surface area contributed by atoms with Crippen molar-refractivity contribution in [1.29, 1.82) is 0 Å². The number of carboxylic acids is 1. The Labute approximate surface area is 105 Å². The first-order chi connectivity index (χ1) is 7.92. The van der Waals surface area contributed by atoms with Crippen molar-refractivity contribution in [1.82, 2.24) is 0 Å². The number of aliphatic carboxylic acids is 1. The molecule has 0 aliphatic carbocycles. The van der Waals surface area contributed by atoms with E-state index in [1.807, 2.05) is 12.2 Å². The summed E-state index contributed by atoms with van der Waals surface area (Å²) in [7, 11) is 0. The fourth-order valence-corrected chi connectivity index (χ4v) is 1.58. The lowest BCUT2D eigenvalue weighted by Gasteiger charge is -2.17. The maximum absolute atomic E-state index is 10.2. The van der Waals surface area contributed by atoms with Gasteiger partial charge in [0, 0.05) is 6.08 Å². The number of rotatable bonds is 8. The fourth-order valence-electron chi connectivity index (χ4n) is 1.58. The van der Waals surface area contributed by atoms with E-state index in [9.17, 15) is 4.79 Å². The van der Waals surface area contributed by atoms with Crippen LogP contribution in [-0.4, -0.2) is 11.1 Å². The third-order valence-electron chi connectivity index (χ3n) is 2.53. The molecular formula is C15H26O2. The Bertz CT molecular complexity index is 257. The third-order valence-corrected chi connectivity index (χ3v) is 2.53.